The van der Waals surface area contributed by atoms with Crippen molar-refractivity contribution in [2.24, 2.45) is 0 Å². The lowest BCUT2D eigenvalue weighted by Gasteiger charge is -2.18. The fraction of sp³-hybridized carbons (Fsp3) is 0.667. The maximum Gasteiger partial charge on any atom is 0.291 e. The Morgan fingerprint density at radius 1 is 1.00 bits per heavy atom. The highest BCUT2D eigenvalue weighted by molar-refractivity contribution is 8.59. The zero-order chi connectivity index (χ0) is 17.1. The minimum atomic E-state index is -2.99. The number of hydrogen-bond donors (Lipinski definition) is 2. The molecular formula is C18H31O2PS2. The van der Waals surface area contributed by atoms with E-state index in [1.54, 1.807) is 0 Å². The molecule has 0 saturated heterocycles. The first kappa shape index (κ1) is 21.0. The molecule has 1 rings (SSSR count). The van der Waals surface area contributed by atoms with E-state index in [9.17, 15) is 4.89 Å². The molecule has 0 aromatic heterocycles. The monoisotopic (exact) mass is 374 g/mol. The molecule has 1 N–H and O–H groups in total. The van der Waals surface area contributed by atoms with E-state index >= 15 is 0 Å². The average Bonchev–Trinajstić information content (AvgIpc) is 2.48. The molecule has 0 spiro atoms. The SMILES string of the molecule is CCCCCCc1cccc(OP(O)(=S)S)c1CCCCCC. The Morgan fingerprint density at radius 3 is 2.17 bits per heavy atom. The predicted molar refractivity (Wildman–Crippen MR) is 108 cm³/mol. The normalized spacial score (nSPS) is 13.7. The zero-order valence-electron chi connectivity index (χ0n) is 14.5. The molecule has 1 unspecified atom stereocenters. The second-order valence-electron chi connectivity index (χ2n) is 6.10. The van der Waals surface area contributed by atoms with Gasteiger partial charge in [0.25, 0.3) is 5.69 Å². The molecule has 0 heterocycles. The van der Waals surface area contributed by atoms with E-state index < -0.39 is 5.69 Å². The summed E-state index contributed by atoms with van der Waals surface area (Å²) in [5, 5.41) is 0. The number of benzene rings is 1. The lowest BCUT2D eigenvalue weighted by Crippen LogP contribution is -2.00. The third-order valence-electron chi connectivity index (χ3n) is 4.03. The molecule has 1 aromatic rings. The van der Waals surface area contributed by atoms with Crippen molar-refractivity contribution in [1.29, 1.82) is 0 Å². The molecule has 2 nitrogen and oxygen atoms in total. The van der Waals surface area contributed by atoms with Crippen molar-refractivity contribution in [1.82, 2.24) is 0 Å². The van der Waals surface area contributed by atoms with Crippen LogP contribution < -0.4 is 4.52 Å². The first-order chi connectivity index (χ1) is 11.0. The van der Waals surface area contributed by atoms with Crippen molar-refractivity contribution in [3.05, 3.63) is 29.3 Å². The molecule has 132 valence electrons. The van der Waals surface area contributed by atoms with Crippen molar-refractivity contribution < 1.29 is 9.42 Å². The summed E-state index contributed by atoms with van der Waals surface area (Å²) in [7, 11) is 0. The zero-order valence-corrected chi connectivity index (χ0v) is 17.1. The van der Waals surface area contributed by atoms with Crippen LogP contribution in [0, 0.1) is 0 Å². The van der Waals surface area contributed by atoms with Crippen LogP contribution in [0.15, 0.2) is 18.2 Å². The average molecular weight is 375 g/mol. The van der Waals surface area contributed by atoms with Crippen LogP contribution in [0.4, 0.5) is 0 Å². The van der Waals surface area contributed by atoms with Gasteiger partial charge in [0.2, 0.25) is 0 Å². The van der Waals surface area contributed by atoms with Crippen LogP contribution in [0.25, 0.3) is 0 Å². The van der Waals surface area contributed by atoms with Gasteiger partial charge in [-0.05, 0) is 54.7 Å². The highest BCUT2D eigenvalue weighted by atomic mass is 32.9. The minimum Gasteiger partial charge on any atom is -0.436 e. The van der Waals surface area contributed by atoms with Crippen molar-refractivity contribution in [3.63, 3.8) is 0 Å². The molecule has 0 amide bonds. The van der Waals surface area contributed by atoms with Crippen molar-refractivity contribution in [2.45, 2.75) is 78.1 Å². The largest absolute Gasteiger partial charge is 0.436 e. The van der Waals surface area contributed by atoms with Gasteiger partial charge in [0.1, 0.15) is 5.75 Å². The van der Waals surface area contributed by atoms with Crippen LogP contribution in [0.2, 0.25) is 0 Å². The third kappa shape index (κ3) is 9.14. The van der Waals surface area contributed by atoms with Gasteiger partial charge in [-0.1, -0.05) is 76.8 Å². The summed E-state index contributed by atoms with van der Waals surface area (Å²) >= 11 is 8.98. The number of rotatable bonds is 12. The molecule has 0 fully saturated rings. The van der Waals surface area contributed by atoms with Gasteiger partial charge in [-0.2, -0.15) is 0 Å². The standard InChI is InChI=1S/C18H31O2PS2/c1-3-5-7-9-12-16-13-11-15-18(20-21(19,22)23)17(16)14-10-8-6-4-2/h11,13,15H,3-10,12,14H2,1-2H3,(H2,19,22,23). The van der Waals surface area contributed by atoms with E-state index in [-0.39, 0.29) is 0 Å². The van der Waals surface area contributed by atoms with E-state index in [0.717, 1.165) is 25.0 Å². The Kier molecular flexibility index (Phi) is 10.5. The van der Waals surface area contributed by atoms with Crippen LogP contribution in [-0.4, -0.2) is 4.89 Å². The summed E-state index contributed by atoms with van der Waals surface area (Å²) in [6.45, 7) is 4.45. The summed E-state index contributed by atoms with van der Waals surface area (Å²) in [5.74, 6) is 0.732. The molecule has 0 aliphatic heterocycles. The number of unbranched alkanes of at least 4 members (excludes halogenated alkanes) is 6. The van der Waals surface area contributed by atoms with Crippen LogP contribution >= 0.6 is 17.9 Å². The highest BCUT2D eigenvalue weighted by Gasteiger charge is 2.15. The van der Waals surface area contributed by atoms with E-state index in [0.29, 0.717) is 0 Å². The molecule has 23 heavy (non-hydrogen) atoms. The maximum absolute atomic E-state index is 9.81. The van der Waals surface area contributed by atoms with Crippen LogP contribution in [0.3, 0.4) is 0 Å². The Bertz CT molecular complexity index is 500. The Hall–Kier alpha value is -0.0200. The van der Waals surface area contributed by atoms with Crippen molar-refractivity contribution in [2.75, 3.05) is 0 Å². The van der Waals surface area contributed by atoms with Crippen LogP contribution in [0.1, 0.15) is 76.3 Å². The molecular weight excluding hydrogens is 343 g/mol. The van der Waals surface area contributed by atoms with Crippen LogP contribution in [-0.2, 0) is 24.6 Å². The smallest absolute Gasteiger partial charge is 0.291 e. The number of aryl methyl sites for hydroxylation is 1. The maximum atomic E-state index is 9.81. The minimum absolute atomic E-state index is 0.732. The van der Waals surface area contributed by atoms with E-state index in [4.69, 9.17) is 16.3 Å². The van der Waals surface area contributed by atoms with Gasteiger partial charge in [-0.3, -0.25) is 0 Å². The Balaban J connectivity index is 2.83. The Morgan fingerprint density at radius 2 is 1.61 bits per heavy atom. The summed E-state index contributed by atoms with van der Waals surface area (Å²) in [5.41, 5.74) is -0.428. The summed E-state index contributed by atoms with van der Waals surface area (Å²) in [4.78, 5) is 9.81. The fourth-order valence-electron chi connectivity index (χ4n) is 2.81. The lowest BCUT2D eigenvalue weighted by atomic mass is 9.96. The first-order valence-electron chi connectivity index (χ1n) is 8.83. The summed E-state index contributed by atoms with van der Waals surface area (Å²) in [6, 6.07) is 6.10. The van der Waals surface area contributed by atoms with Gasteiger partial charge in [0.15, 0.2) is 0 Å². The topological polar surface area (TPSA) is 29.5 Å². The summed E-state index contributed by atoms with van der Waals surface area (Å²) in [6.07, 6.45) is 11.9. The molecule has 0 saturated carbocycles. The lowest BCUT2D eigenvalue weighted by molar-refractivity contribution is 0.498. The molecule has 0 radical (unpaired) electrons. The highest BCUT2D eigenvalue weighted by Crippen LogP contribution is 2.48. The predicted octanol–water partition coefficient (Wildman–Crippen LogP) is 6.46. The molecule has 0 aliphatic rings. The molecule has 5 heteroatoms. The van der Waals surface area contributed by atoms with Gasteiger partial charge >= 0.3 is 0 Å². The summed E-state index contributed by atoms with van der Waals surface area (Å²) < 4.78 is 5.60. The first-order valence-corrected chi connectivity index (χ1v) is 12.7. The van der Waals surface area contributed by atoms with Gasteiger partial charge in [0.05, 0.1) is 0 Å². The van der Waals surface area contributed by atoms with E-state index in [2.05, 4.69) is 32.2 Å². The van der Waals surface area contributed by atoms with Gasteiger partial charge in [-0.25, -0.2) is 0 Å². The van der Waals surface area contributed by atoms with Crippen LogP contribution in [0.5, 0.6) is 5.75 Å². The number of thiol groups is 1. The van der Waals surface area contributed by atoms with Gasteiger partial charge in [0, 0.05) is 0 Å². The molecule has 0 aliphatic carbocycles. The van der Waals surface area contributed by atoms with Crippen molar-refractivity contribution >= 4 is 29.7 Å². The third-order valence-corrected chi connectivity index (χ3v) is 4.93. The van der Waals surface area contributed by atoms with E-state index in [1.807, 2.05) is 12.1 Å². The molecule has 0 bridgehead atoms. The van der Waals surface area contributed by atoms with Gasteiger partial charge in [-0.15, -0.1) is 0 Å². The van der Waals surface area contributed by atoms with Crippen molar-refractivity contribution in [3.8, 4) is 5.75 Å². The second kappa shape index (κ2) is 11.5. The Labute approximate surface area is 152 Å². The molecule has 1 atom stereocenters. The molecule has 1 aromatic carbocycles. The van der Waals surface area contributed by atoms with E-state index in [1.165, 1.54) is 56.1 Å². The number of hydrogen-bond acceptors (Lipinski definition) is 2. The van der Waals surface area contributed by atoms with Gasteiger partial charge < -0.3 is 9.42 Å². The fourth-order valence-corrected chi connectivity index (χ4v) is 3.75. The quantitative estimate of drug-likeness (QED) is 0.250. The second-order valence-corrected chi connectivity index (χ2v) is 11.2.